The quantitative estimate of drug-likeness (QED) is 0.395. The third-order valence-corrected chi connectivity index (χ3v) is 8.33. The molecule has 3 aromatic rings. The summed E-state index contributed by atoms with van der Waals surface area (Å²) >= 11 is 6.38. The fraction of sp³-hybridized carbons (Fsp3) is 0.500. The van der Waals surface area contributed by atoms with Crippen LogP contribution in [0.5, 0.6) is 5.75 Å². The maximum Gasteiger partial charge on any atom is 0.267 e. The first-order valence-corrected chi connectivity index (χ1v) is 12.4. The fourth-order valence-corrected chi connectivity index (χ4v) is 6.14. The van der Waals surface area contributed by atoms with E-state index >= 15 is 0 Å². The summed E-state index contributed by atoms with van der Waals surface area (Å²) in [6, 6.07) is 6.00. The number of hydrogen-bond donors (Lipinski definition) is 2. The molecule has 1 aliphatic carbocycles. The molecule has 1 saturated carbocycles. The van der Waals surface area contributed by atoms with Crippen LogP contribution in [0.25, 0.3) is 5.65 Å². The topological polar surface area (TPSA) is 88.5 Å². The van der Waals surface area contributed by atoms with Gasteiger partial charge < -0.3 is 10.1 Å². The van der Waals surface area contributed by atoms with Crippen molar-refractivity contribution in [3.05, 3.63) is 51.4 Å². The number of ether oxygens (including phenoxy) is 1. The number of rotatable bonds is 5. The van der Waals surface area contributed by atoms with Gasteiger partial charge in [0.05, 0.1) is 16.9 Å². The molecular weight excluding hydrogens is 452 g/mol. The second-order valence-corrected chi connectivity index (χ2v) is 10.4. The fourth-order valence-electron chi connectivity index (χ4n) is 5.97. The number of hydrogen-bond acceptors (Lipinski definition) is 4. The largest absolute Gasteiger partial charge is 0.475 e. The van der Waals surface area contributed by atoms with Gasteiger partial charge in [-0.05, 0) is 65.0 Å². The number of aromatic nitrogens is 3. The Morgan fingerprint density at radius 2 is 2.06 bits per heavy atom. The van der Waals surface area contributed by atoms with Crippen LogP contribution in [0.2, 0.25) is 5.02 Å². The van der Waals surface area contributed by atoms with Gasteiger partial charge in [-0.15, -0.1) is 0 Å². The first-order valence-electron chi connectivity index (χ1n) is 12.0. The van der Waals surface area contributed by atoms with Gasteiger partial charge in [0, 0.05) is 5.92 Å². The van der Waals surface area contributed by atoms with Crippen LogP contribution >= 0.6 is 11.6 Å². The Labute approximate surface area is 204 Å². The minimum absolute atomic E-state index is 0.0000585. The second kappa shape index (κ2) is 7.87. The van der Waals surface area contributed by atoms with Crippen LogP contribution in [0, 0.1) is 33.6 Å². The molecule has 0 radical (unpaired) electrons. The van der Waals surface area contributed by atoms with Crippen LogP contribution in [0.4, 0.5) is 0 Å². The number of nitrogens with one attached hydrogen (secondary N) is 2. The van der Waals surface area contributed by atoms with Gasteiger partial charge in [-0.25, -0.2) is 9.50 Å². The number of carbonyl (C=O) groups is 2. The van der Waals surface area contributed by atoms with Crippen molar-refractivity contribution >= 4 is 28.9 Å². The molecule has 0 bridgehead atoms. The molecule has 1 amide bonds. The van der Waals surface area contributed by atoms with Crippen LogP contribution in [0.3, 0.4) is 0 Å². The van der Waals surface area contributed by atoms with Crippen molar-refractivity contribution in [2.75, 3.05) is 0 Å². The van der Waals surface area contributed by atoms with Crippen LogP contribution in [-0.4, -0.2) is 37.4 Å². The molecular formula is C26H31ClN4O3. The van der Waals surface area contributed by atoms with E-state index in [0.29, 0.717) is 29.2 Å². The highest BCUT2D eigenvalue weighted by Crippen LogP contribution is 2.50. The summed E-state index contributed by atoms with van der Waals surface area (Å²) in [5.41, 5.74) is 3.17. The van der Waals surface area contributed by atoms with Crippen molar-refractivity contribution < 1.29 is 14.3 Å². The predicted molar refractivity (Wildman–Crippen MR) is 131 cm³/mol. The van der Waals surface area contributed by atoms with Crippen molar-refractivity contribution in [1.82, 2.24) is 19.9 Å². The Kier molecular flexibility index (Phi) is 5.32. The molecule has 180 valence electrons. The molecule has 2 fully saturated rings. The van der Waals surface area contributed by atoms with E-state index in [1.165, 1.54) is 0 Å². The number of aryl methyl sites for hydroxylation is 4. The van der Waals surface area contributed by atoms with E-state index in [9.17, 15) is 9.59 Å². The Morgan fingerprint density at radius 1 is 1.29 bits per heavy atom. The smallest absolute Gasteiger partial charge is 0.267 e. The Hall–Kier alpha value is -2.80. The number of halogens is 1. The summed E-state index contributed by atoms with van der Waals surface area (Å²) in [7, 11) is 0. The normalized spacial score (nSPS) is 26.5. The maximum absolute atomic E-state index is 13.7. The van der Waals surface area contributed by atoms with Gasteiger partial charge in [0.2, 0.25) is 5.60 Å². The second-order valence-electron chi connectivity index (χ2n) is 10.0. The van der Waals surface area contributed by atoms with E-state index in [0.717, 1.165) is 47.5 Å². The summed E-state index contributed by atoms with van der Waals surface area (Å²) in [6.45, 7) is 9.78. The molecule has 1 aromatic carbocycles. The standard InChI is InChI=1S/C26H31ClN4O3/c1-6-26(34-19-10-9-14(2)12-15(19)3)24(33)29-25(26)11-7-8-18(13-25)22(32)21-17(5)31-23(28-21)20(27)16(4)30-31/h9-10,12,18,30H,6-8,11,13H2,1-5H3,(H,29,33). The van der Waals surface area contributed by atoms with Crippen molar-refractivity contribution in [2.24, 2.45) is 5.92 Å². The number of aromatic amines is 1. The number of ketones is 1. The summed E-state index contributed by atoms with van der Waals surface area (Å²) in [4.78, 5) is 31.3. The number of carbonyl (C=O) groups excluding carboxylic acids is 2. The highest BCUT2D eigenvalue weighted by molar-refractivity contribution is 6.34. The number of amides is 1. The lowest BCUT2D eigenvalue weighted by Crippen LogP contribution is -2.84. The van der Waals surface area contributed by atoms with Crippen LogP contribution in [0.15, 0.2) is 18.2 Å². The van der Waals surface area contributed by atoms with E-state index in [2.05, 4.69) is 21.5 Å². The third kappa shape index (κ3) is 3.13. The summed E-state index contributed by atoms with van der Waals surface area (Å²) in [5, 5.41) is 6.87. The van der Waals surface area contributed by atoms with Crippen LogP contribution < -0.4 is 10.1 Å². The van der Waals surface area contributed by atoms with E-state index < -0.39 is 11.1 Å². The molecule has 3 heterocycles. The lowest BCUT2D eigenvalue weighted by atomic mass is 9.59. The van der Waals surface area contributed by atoms with Crippen LogP contribution in [0.1, 0.15) is 72.0 Å². The van der Waals surface area contributed by atoms with Gasteiger partial charge in [-0.2, -0.15) is 0 Å². The average Bonchev–Trinajstić information content (AvgIpc) is 3.28. The van der Waals surface area contributed by atoms with E-state index in [-0.39, 0.29) is 17.6 Å². The van der Waals surface area contributed by atoms with Gasteiger partial charge in [0.25, 0.3) is 5.91 Å². The number of H-pyrrole nitrogens is 1. The van der Waals surface area contributed by atoms with Gasteiger partial charge >= 0.3 is 0 Å². The Balaban J connectivity index is 1.46. The monoisotopic (exact) mass is 482 g/mol. The highest BCUT2D eigenvalue weighted by atomic mass is 35.5. The Bertz CT molecular complexity index is 1330. The molecule has 1 aliphatic heterocycles. The van der Waals surface area contributed by atoms with E-state index in [1.807, 2.05) is 46.8 Å². The molecule has 1 saturated heterocycles. The molecule has 8 heteroatoms. The zero-order valence-corrected chi connectivity index (χ0v) is 21.1. The molecule has 3 atom stereocenters. The zero-order valence-electron chi connectivity index (χ0n) is 20.3. The minimum atomic E-state index is -0.984. The number of Topliss-reactive ketones (excluding diaryl/α,β-unsaturated/α-hetero) is 1. The number of imidazole rings is 1. The molecule has 3 unspecified atom stereocenters. The Morgan fingerprint density at radius 3 is 2.71 bits per heavy atom. The zero-order chi connectivity index (χ0) is 24.4. The minimum Gasteiger partial charge on any atom is -0.475 e. The lowest BCUT2D eigenvalue weighted by molar-refractivity contribution is -0.176. The summed E-state index contributed by atoms with van der Waals surface area (Å²) in [5.74, 6) is 0.373. The molecule has 34 heavy (non-hydrogen) atoms. The first-order chi connectivity index (χ1) is 16.1. The predicted octanol–water partition coefficient (Wildman–Crippen LogP) is 5.02. The maximum atomic E-state index is 13.7. The first kappa shape index (κ1) is 23.0. The number of nitrogens with zero attached hydrogens (tertiary/aromatic N) is 2. The van der Waals surface area contributed by atoms with Gasteiger partial charge in [0.1, 0.15) is 16.5 Å². The number of β-lactam (4-membered cyclic amide) rings is 1. The van der Waals surface area contributed by atoms with E-state index in [4.69, 9.17) is 16.3 Å². The number of benzene rings is 1. The lowest BCUT2D eigenvalue weighted by Gasteiger charge is -2.60. The van der Waals surface area contributed by atoms with Gasteiger partial charge in [0.15, 0.2) is 11.4 Å². The van der Waals surface area contributed by atoms with Crippen LogP contribution in [-0.2, 0) is 4.79 Å². The highest BCUT2D eigenvalue weighted by Gasteiger charge is 2.68. The van der Waals surface area contributed by atoms with Crippen molar-refractivity contribution in [3.8, 4) is 5.75 Å². The summed E-state index contributed by atoms with van der Waals surface area (Å²) in [6.07, 6.45) is 3.45. The van der Waals surface area contributed by atoms with Crippen molar-refractivity contribution in [1.29, 1.82) is 0 Å². The summed E-state index contributed by atoms with van der Waals surface area (Å²) < 4.78 is 8.31. The molecule has 2 aromatic heterocycles. The van der Waals surface area contributed by atoms with Gasteiger partial charge in [-0.1, -0.05) is 42.6 Å². The third-order valence-electron chi connectivity index (χ3n) is 7.87. The molecule has 2 N–H and O–H groups in total. The SMILES string of the molecule is CCC1(Oc2ccc(C)cc2C)C(=O)NC12CCCC(C(=O)c1nc3c(Cl)c(C)[nH]n3c1C)C2. The molecule has 7 nitrogen and oxygen atoms in total. The van der Waals surface area contributed by atoms with Crippen molar-refractivity contribution in [3.63, 3.8) is 0 Å². The van der Waals surface area contributed by atoms with Gasteiger partial charge in [-0.3, -0.25) is 14.7 Å². The van der Waals surface area contributed by atoms with E-state index in [1.54, 1.807) is 4.52 Å². The molecule has 5 rings (SSSR count). The average molecular weight is 483 g/mol. The number of fused-ring (bicyclic) bond motifs is 1. The molecule has 2 aliphatic rings. The van der Waals surface area contributed by atoms with Crippen molar-refractivity contribution in [2.45, 2.75) is 77.9 Å². The molecule has 1 spiro atoms.